The van der Waals surface area contributed by atoms with E-state index in [0.717, 1.165) is 18.2 Å². The van der Waals surface area contributed by atoms with E-state index in [4.69, 9.17) is 21.4 Å². The van der Waals surface area contributed by atoms with Crippen LogP contribution in [0.1, 0.15) is 7.43 Å². The van der Waals surface area contributed by atoms with Crippen LogP contribution in [-0.4, -0.2) is 35.3 Å². The van der Waals surface area contributed by atoms with Crippen LogP contribution in [-0.2, 0) is 47.3 Å². The third kappa shape index (κ3) is 13.9. The van der Waals surface area contributed by atoms with E-state index < -0.39 is 43.8 Å². The van der Waals surface area contributed by atoms with E-state index in [1.165, 1.54) is 30.3 Å². The molecule has 0 amide bonds. The molecule has 0 aliphatic rings. The fourth-order valence-corrected chi connectivity index (χ4v) is 4.18. The van der Waals surface area contributed by atoms with E-state index in [9.17, 15) is 38.2 Å². The molecule has 0 spiro atoms. The van der Waals surface area contributed by atoms with Crippen LogP contribution in [0.3, 0.4) is 0 Å². The van der Waals surface area contributed by atoms with E-state index in [1.807, 2.05) is 0 Å². The Bertz CT molecular complexity index is 1190. The van der Waals surface area contributed by atoms with Crippen molar-refractivity contribution in [2.45, 2.75) is 27.0 Å². The Morgan fingerprint density at radius 1 is 0.710 bits per heavy atom. The van der Waals surface area contributed by atoms with Crippen LogP contribution in [0, 0.1) is 0 Å². The zero-order chi connectivity index (χ0) is 21.0. The summed E-state index contributed by atoms with van der Waals surface area (Å²) in [6.07, 6.45) is 0. The number of hydrogen-bond acceptors (Lipinski definition) is 11. The zero-order valence-electron chi connectivity index (χ0n) is 15.1. The van der Waals surface area contributed by atoms with Gasteiger partial charge in [-0.1, -0.05) is 36.6 Å². The van der Waals surface area contributed by atoms with Crippen LogP contribution in [0.25, 0.3) is 0 Å². The van der Waals surface area contributed by atoms with Gasteiger partial charge < -0.3 is 18.4 Å². The minimum Gasteiger partial charge on any atom is -0.870 e. The third-order valence-corrected chi connectivity index (χ3v) is 6.83. The Kier molecular flexibility index (Phi) is 19.6. The Hall–Kier alpha value is 0.740. The summed E-state index contributed by atoms with van der Waals surface area (Å²) < 4.78 is 95.5. The maximum atomic E-state index is 10.8. The average molecular weight is 574 g/mol. The first kappa shape index (κ1) is 39.0. The average Bonchev–Trinajstić information content (AvgIpc) is 2.53. The van der Waals surface area contributed by atoms with Crippen molar-refractivity contribution in [3.8, 4) is 0 Å². The molecule has 0 heterocycles. The predicted molar refractivity (Wildman–Crippen MR) is 103 cm³/mol. The molecule has 0 fully saturated rings. The number of benzene rings is 2. The van der Waals surface area contributed by atoms with Crippen molar-refractivity contribution in [1.29, 1.82) is 0 Å². The van der Waals surface area contributed by atoms with E-state index in [2.05, 4.69) is 0 Å². The van der Waals surface area contributed by atoms with Crippen molar-refractivity contribution in [2.75, 3.05) is 0 Å². The zero-order valence-corrected chi connectivity index (χ0v) is 23.9. The minimum absolute atomic E-state index is 0. The number of hydrogen-bond donors (Lipinski definition) is 0. The van der Waals surface area contributed by atoms with Gasteiger partial charge in [0.1, 0.15) is 10.1 Å². The van der Waals surface area contributed by atoms with Crippen molar-refractivity contribution < 1.29 is 103 Å². The molecule has 0 unspecified atom stereocenters. The maximum absolute atomic E-state index is 10.8. The smallest absolute Gasteiger partial charge is 0.870 e. The molecule has 2 aromatic rings. The Morgan fingerprint density at radius 3 is 1.39 bits per heavy atom. The summed E-state index contributed by atoms with van der Waals surface area (Å²) >= 11 is 0. The standard InChI is InChI=1S/C6H4Cl2O4S2.C6H5O5S2.CH4.2Na.H2O/c7-13(9,10)5-2-1-3-6(4-5)14(8,11)12;7-12(8)5-2-1-3-6(4-5)13(9,10)11;;;;/h1-4H;1-4H,(H,9,10,11);1H4;;;1H2/q;-1;;2*+1;/p-2. The molecule has 10 nitrogen and oxygen atoms in total. The van der Waals surface area contributed by atoms with Gasteiger partial charge in [0.25, 0.3) is 18.1 Å². The molecule has 18 heteroatoms. The summed E-state index contributed by atoms with van der Waals surface area (Å²) in [6.45, 7) is 0. The molecular formula is C13H13Cl2Na2O10S4-. The summed E-state index contributed by atoms with van der Waals surface area (Å²) in [5.41, 5.74) is 0. The van der Waals surface area contributed by atoms with Crippen LogP contribution in [0.15, 0.2) is 68.1 Å². The molecule has 2 rings (SSSR count). The second-order valence-corrected chi connectivity index (χ2v) is 12.0. The van der Waals surface area contributed by atoms with Gasteiger partial charge in [0.15, 0.2) is 0 Å². The van der Waals surface area contributed by atoms with Crippen LogP contribution < -0.4 is 59.1 Å². The van der Waals surface area contributed by atoms with Crippen molar-refractivity contribution in [2.24, 2.45) is 0 Å². The fourth-order valence-electron chi connectivity index (χ4n) is 1.51. The van der Waals surface area contributed by atoms with Gasteiger partial charge in [0.2, 0.25) is 0 Å². The summed E-state index contributed by atoms with van der Waals surface area (Å²) in [5, 5.41) is 0. The summed E-state index contributed by atoms with van der Waals surface area (Å²) in [7, 11) is -4.95. The van der Waals surface area contributed by atoms with Gasteiger partial charge in [0.05, 0.1) is 14.7 Å². The van der Waals surface area contributed by atoms with Crippen molar-refractivity contribution >= 4 is 60.3 Å². The number of rotatable bonds is 4. The molecule has 2 aromatic carbocycles. The summed E-state index contributed by atoms with van der Waals surface area (Å²) in [5.74, 6) is 0. The van der Waals surface area contributed by atoms with Gasteiger partial charge in [-0.05, 0) is 35.0 Å². The van der Waals surface area contributed by atoms with Crippen molar-refractivity contribution in [3.63, 3.8) is 0 Å². The molecule has 0 aliphatic carbocycles. The summed E-state index contributed by atoms with van der Waals surface area (Å²) in [6, 6.07) is 8.72. The van der Waals surface area contributed by atoms with Gasteiger partial charge in [-0.25, -0.2) is 25.3 Å². The van der Waals surface area contributed by atoms with Gasteiger partial charge in [-0.2, -0.15) is 0 Å². The normalized spacial score (nSPS) is 10.7. The van der Waals surface area contributed by atoms with E-state index in [1.54, 1.807) is 0 Å². The molecule has 31 heavy (non-hydrogen) atoms. The maximum Gasteiger partial charge on any atom is 1.00 e. The van der Waals surface area contributed by atoms with Crippen molar-refractivity contribution in [1.82, 2.24) is 0 Å². The molecule has 0 aromatic heterocycles. The first-order valence-corrected chi connectivity index (χ1v) is 13.4. The Morgan fingerprint density at radius 2 is 1.06 bits per heavy atom. The first-order valence-electron chi connectivity index (χ1n) is 6.27. The SMILES string of the molecule is C.O=S(=O)(Cl)c1cccc(S(=O)(=O)Cl)c1.O=[S-](=O)c1cccc(S(=O)(=O)[O-])c1.[Na+].[Na+].[OH-]. The molecule has 1 N–H and O–H groups in total. The number of halogens is 2. The third-order valence-electron chi connectivity index (χ3n) is 2.66. The van der Waals surface area contributed by atoms with E-state index in [0.29, 0.717) is 0 Å². The molecule has 0 atom stereocenters. The van der Waals surface area contributed by atoms with Gasteiger partial charge in [-0.15, -0.1) is 0 Å². The largest absolute Gasteiger partial charge is 1.00 e. The monoisotopic (exact) mass is 573 g/mol. The van der Waals surface area contributed by atoms with E-state index >= 15 is 0 Å². The second-order valence-electron chi connectivity index (χ2n) is 4.51. The molecule has 166 valence electrons. The van der Waals surface area contributed by atoms with Crippen molar-refractivity contribution in [3.05, 3.63) is 48.5 Å². The predicted octanol–water partition coefficient (Wildman–Crippen LogP) is -3.73. The summed E-state index contributed by atoms with van der Waals surface area (Å²) in [4.78, 5) is -1.38. The second kappa shape index (κ2) is 15.6. The molecule has 0 aliphatic heterocycles. The van der Waals surface area contributed by atoms with Crippen LogP contribution in [0.2, 0.25) is 0 Å². The van der Waals surface area contributed by atoms with E-state index in [-0.39, 0.29) is 86.7 Å². The van der Waals surface area contributed by atoms with Crippen LogP contribution >= 0.6 is 21.4 Å². The molecule has 0 saturated carbocycles. The molecular weight excluding hydrogens is 561 g/mol. The first-order chi connectivity index (χ1) is 12.1. The topological polar surface area (TPSA) is 190 Å². The Labute approximate surface area is 235 Å². The molecule has 0 bridgehead atoms. The quantitative estimate of drug-likeness (QED) is 0.152. The molecule has 0 saturated heterocycles. The Balaban J connectivity index is -0.000000209. The van der Waals surface area contributed by atoms with Gasteiger partial charge >= 0.3 is 59.1 Å². The van der Waals surface area contributed by atoms with Gasteiger partial charge in [-0.3, -0.25) is 0 Å². The fraction of sp³-hybridized carbons (Fsp3) is 0.0769. The molecule has 0 radical (unpaired) electrons. The van der Waals surface area contributed by atoms with Gasteiger partial charge in [0, 0.05) is 21.4 Å². The van der Waals surface area contributed by atoms with Crippen LogP contribution in [0.5, 0.6) is 0 Å². The minimum atomic E-state index is -4.58. The van der Waals surface area contributed by atoms with Crippen LogP contribution in [0.4, 0.5) is 0 Å².